The Morgan fingerprint density at radius 1 is 0.923 bits per heavy atom. The van der Waals surface area contributed by atoms with Crippen LogP contribution in [0.2, 0.25) is 0 Å². The maximum absolute atomic E-state index is 3.31. The van der Waals surface area contributed by atoms with E-state index in [1.807, 2.05) is 0 Å². The second-order valence-corrected chi connectivity index (χ2v) is 3.15. The van der Waals surface area contributed by atoms with Crippen LogP contribution in [0.1, 0.15) is 19.4 Å². The molecule has 2 nitrogen and oxygen atoms in total. The first-order valence-corrected chi connectivity index (χ1v) is 4.85. The Morgan fingerprint density at radius 3 is 1.77 bits per heavy atom. The second kappa shape index (κ2) is 4.75. The highest BCUT2D eigenvalue weighted by molar-refractivity contribution is 5.58. The molecule has 0 aliphatic heterocycles. The zero-order valence-corrected chi connectivity index (χ0v) is 8.65. The fourth-order valence-corrected chi connectivity index (χ4v) is 1.40. The Balaban J connectivity index is 2.83. The van der Waals surface area contributed by atoms with Gasteiger partial charge in [0.15, 0.2) is 0 Å². The largest absolute Gasteiger partial charge is 0.385 e. The molecule has 0 aromatic heterocycles. The zero-order valence-electron chi connectivity index (χ0n) is 8.65. The molecular formula is C11H18N2. The molecule has 0 saturated heterocycles. The molecule has 1 rings (SSSR count). The van der Waals surface area contributed by atoms with E-state index in [1.165, 1.54) is 16.9 Å². The van der Waals surface area contributed by atoms with Crippen molar-refractivity contribution >= 4 is 11.4 Å². The van der Waals surface area contributed by atoms with Crippen LogP contribution in [0, 0.1) is 6.92 Å². The minimum absolute atomic E-state index is 0.967. The zero-order chi connectivity index (χ0) is 9.68. The summed E-state index contributed by atoms with van der Waals surface area (Å²) in [6.45, 7) is 8.26. The number of hydrogen-bond donors (Lipinski definition) is 2. The summed E-state index contributed by atoms with van der Waals surface area (Å²) < 4.78 is 0. The summed E-state index contributed by atoms with van der Waals surface area (Å²) in [5.74, 6) is 0. The van der Waals surface area contributed by atoms with Gasteiger partial charge in [-0.25, -0.2) is 0 Å². The van der Waals surface area contributed by atoms with Gasteiger partial charge in [-0.3, -0.25) is 0 Å². The topological polar surface area (TPSA) is 24.1 Å². The standard InChI is InChI=1S/C11H18N2/c1-4-12-10-6-9(3)7-11(8-10)13-5-2/h6-8,12-13H,4-5H2,1-3H3. The lowest BCUT2D eigenvalue weighted by Gasteiger charge is -2.09. The normalized spacial score (nSPS) is 9.77. The van der Waals surface area contributed by atoms with Crippen molar-refractivity contribution in [2.24, 2.45) is 0 Å². The number of benzene rings is 1. The monoisotopic (exact) mass is 178 g/mol. The lowest BCUT2D eigenvalue weighted by molar-refractivity contribution is 1.19. The Morgan fingerprint density at radius 2 is 1.38 bits per heavy atom. The Hall–Kier alpha value is -1.18. The Kier molecular flexibility index (Phi) is 3.62. The van der Waals surface area contributed by atoms with Crippen LogP contribution >= 0.6 is 0 Å². The molecule has 0 fully saturated rings. The van der Waals surface area contributed by atoms with Gasteiger partial charge in [0, 0.05) is 24.5 Å². The molecule has 72 valence electrons. The molecule has 13 heavy (non-hydrogen) atoms. The molecule has 0 atom stereocenters. The van der Waals surface area contributed by atoms with Crippen LogP contribution in [0.4, 0.5) is 11.4 Å². The molecule has 0 amide bonds. The Bertz CT molecular complexity index is 245. The summed E-state index contributed by atoms with van der Waals surface area (Å²) in [4.78, 5) is 0. The maximum atomic E-state index is 3.31. The molecule has 0 saturated carbocycles. The van der Waals surface area contributed by atoms with Crippen LogP contribution < -0.4 is 10.6 Å². The fraction of sp³-hybridized carbons (Fsp3) is 0.455. The lowest BCUT2D eigenvalue weighted by atomic mass is 10.2. The van der Waals surface area contributed by atoms with Crippen LogP contribution in [-0.4, -0.2) is 13.1 Å². The highest BCUT2D eigenvalue weighted by Gasteiger charge is 1.95. The van der Waals surface area contributed by atoms with E-state index in [1.54, 1.807) is 0 Å². The first-order valence-electron chi connectivity index (χ1n) is 4.85. The van der Waals surface area contributed by atoms with E-state index in [2.05, 4.69) is 49.6 Å². The smallest absolute Gasteiger partial charge is 0.0363 e. The molecule has 2 heteroatoms. The number of aryl methyl sites for hydroxylation is 1. The molecule has 0 unspecified atom stereocenters. The quantitative estimate of drug-likeness (QED) is 0.740. The van der Waals surface area contributed by atoms with E-state index in [0.717, 1.165) is 13.1 Å². The van der Waals surface area contributed by atoms with Gasteiger partial charge in [-0.2, -0.15) is 0 Å². The van der Waals surface area contributed by atoms with E-state index in [0.29, 0.717) is 0 Å². The maximum Gasteiger partial charge on any atom is 0.0363 e. The van der Waals surface area contributed by atoms with Gasteiger partial charge in [0.2, 0.25) is 0 Å². The molecular weight excluding hydrogens is 160 g/mol. The van der Waals surface area contributed by atoms with E-state index in [-0.39, 0.29) is 0 Å². The number of anilines is 2. The van der Waals surface area contributed by atoms with E-state index in [4.69, 9.17) is 0 Å². The first-order chi connectivity index (χ1) is 6.26. The second-order valence-electron chi connectivity index (χ2n) is 3.15. The van der Waals surface area contributed by atoms with E-state index in [9.17, 15) is 0 Å². The van der Waals surface area contributed by atoms with Crippen molar-refractivity contribution in [2.75, 3.05) is 23.7 Å². The lowest BCUT2D eigenvalue weighted by Crippen LogP contribution is -2.00. The van der Waals surface area contributed by atoms with Crippen LogP contribution in [0.25, 0.3) is 0 Å². The van der Waals surface area contributed by atoms with Crippen molar-refractivity contribution in [2.45, 2.75) is 20.8 Å². The predicted molar refractivity (Wildman–Crippen MR) is 59.5 cm³/mol. The van der Waals surface area contributed by atoms with Gasteiger partial charge < -0.3 is 10.6 Å². The molecule has 0 radical (unpaired) electrons. The summed E-state index contributed by atoms with van der Waals surface area (Å²) in [5.41, 5.74) is 3.67. The number of hydrogen-bond acceptors (Lipinski definition) is 2. The SMILES string of the molecule is CCNc1cc(C)cc(NCC)c1. The summed E-state index contributed by atoms with van der Waals surface area (Å²) >= 11 is 0. The summed E-state index contributed by atoms with van der Waals surface area (Å²) in [6.07, 6.45) is 0. The molecule has 2 N–H and O–H groups in total. The van der Waals surface area contributed by atoms with E-state index < -0.39 is 0 Å². The molecule has 0 spiro atoms. The van der Waals surface area contributed by atoms with Gasteiger partial charge in [-0.1, -0.05) is 0 Å². The minimum atomic E-state index is 0.967. The molecule has 0 heterocycles. The van der Waals surface area contributed by atoms with Crippen molar-refractivity contribution < 1.29 is 0 Å². The summed E-state index contributed by atoms with van der Waals surface area (Å²) in [6, 6.07) is 6.45. The van der Waals surface area contributed by atoms with Crippen molar-refractivity contribution in [3.63, 3.8) is 0 Å². The molecule has 1 aromatic rings. The molecule has 0 bridgehead atoms. The van der Waals surface area contributed by atoms with E-state index >= 15 is 0 Å². The van der Waals surface area contributed by atoms with Crippen molar-refractivity contribution in [1.82, 2.24) is 0 Å². The van der Waals surface area contributed by atoms with Gasteiger partial charge in [0.1, 0.15) is 0 Å². The number of nitrogens with one attached hydrogen (secondary N) is 2. The van der Waals surface area contributed by atoms with Crippen LogP contribution in [0.15, 0.2) is 18.2 Å². The van der Waals surface area contributed by atoms with Crippen molar-refractivity contribution in [1.29, 1.82) is 0 Å². The average molecular weight is 178 g/mol. The third-order valence-corrected chi connectivity index (χ3v) is 1.84. The number of rotatable bonds is 4. The molecule has 1 aromatic carbocycles. The summed E-state index contributed by atoms with van der Waals surface area (Å²) in [5, 5.41) is 6.61. The van der Waals surface area contributed by atoms with Gasteiger partial charge in [-0.15, -0.1) is 0 Å². The highest BCUT2D eigenvalue weighted by Crippen LogP contribution is 2.18. The molecule has 0 aliphatic rings. The average Bonchev–Trinajstić information content (AvgIpc) is 2.04. The Labute approximate surface area is 80.4 Å². The van der Waals surface area contributed by atoms with Gasteiger partial charge >= 0.3 is 0 Å². The minimum Gasteiger partial charge on any atom is -0.385 e. The van der Waals surface area contributed by atoms with Crippen molar-refractivity contribution in [3.05, 3.63) is 23.8 Å². The highest BCUT2D eigenvalue weighted by atomic mass is 14.9. The van der Waals surface area contributed by atoms with Gasteiger partial charge in [0.05, 0.1) is 0 Å². The first kappa shape index (κ1) is 9.90. The van der Waals surface area contributed by atoms with Crippen LogP contribution in [-0.2, 0) is 0 Å². The third-order valence-electron chi connectivity index (χ3n) is 1.84. The van der Waals surface area contributed by atoms with Crippen molar-refractivity contribution in [3.8, 4) is 0 Å². The van der Waals surface area contributed by atoms with Crippen LogP contribution in [0.5, 0.6) is 0 Å². The van der Waals surface area contributed by atoms with Gasteiger partial charge in [-0.05, 0) is 44.5 Å². The third kappa shape index (κ3) is 2.98. The van der Waals surface area contributed by atoms with Crippen LogP contribution in [0.3, 0.4) is 0 Å². The van der Waals surface area contributed by atoms with Gasteiger partial charge in [0.25, 0.3) is 0 Å². The predicted octanol–water partition coefficient (Wildman–Crippen LogP) is 2.86. The molecule has 0 aliphatic carbocycles. The fourth-order valence-electron chi connectivity index (χ4n) is 1.40. The summed E-state index contributed by atoms with van der Waals surface area (Å²) in [7, 11) is 0.